The van der Waals surface area contributed by atoms with E-state index in [2.05, 4.69) is 31.8 Å². The Balaban J connectivity index is 2.00. The van der Waals surface area contributed by atoms with Gasteiger partial charge in [-0.3, -0.25) is 9.78 Å². The fourth-order valence-electron chi connectivity index (χ4n) is 4.00. The normalized spacial score (nSPS) is 15.3. The lowest BCUT2D eigenvalue weighted by Crippen LogP contribution is -2.38. The smallest absolute Gasteiger partial charge is 0.258 e. The summed E-state index contributed by atoms with van der Waals surface area (Å²) in [6.07, 6.45) is 6.49. The highest BCUT2D eigenvalue weighted by Gasteiger charge is 2.30. The van der Waals surface area contributed by atoms with Crippen molar-refractivity contribution < 1.29 is 9.53 Å². The molecule has 26 heavy (non-hydrogen) atoms. The topological polar surface area (TPSA) is 42.4 Å². The summed E-state index contributed by atoms with van der Waals surface area (Å²) in [5, 5.41) is 0. The third-order valence-electron chi connectivity index (χ3n) is 5.50. The van der Waals surface area contributed by atoms with Crippen LogP contribution in [0.1, 0.15) is 59.8 Å². The molecule has 1 aliphatic rings. The van der Waals surface area contributed by atoms with E-state index in [1.54, 1.807) is 19.5 Å². The van der Waals surface area contributed by atoms with Crippen LogP contribution in [0.4, 0.5) is 5.69 Å². The van der Waals surface area contributed by atoms with Crippen LogP contribution in [0.2, 0.25) is 0 Å². The Morgan fingerprint density at radius 1 is 1.23 bits per heavy atom. The van der Waals surface area contributed by atoms with Crippen molar-refractivity contribution in [2.24, 2.45) is 5.92 Å². The van der Waals surface area contributed by atoms with Crippen molar-refractivity contribution in [1.29, 1.82) is 0 Å². The fourth-order valence-corrected chi connectivity index (χ4v) is 4.00. The van der Waals surface area contributed by atoms with Crippen LogP contribution >= 0.6 is 0 Å². The number of hydrogen-bond acceptors (Lipinski definition) is 3. The molecular formula is C22H28N2O2. The lowest BCUT2D eigenvalue weighted by molar-refractivity contribution is 0.0479. The Labute approximate surface area is 156 Å². The van der Waals surface area contributed by atoms with Gasteiger partial charge < -0.3 is 9.64 Å². The lowest BCUT2D eigenvalue weighted by Gasteiger charge is -2.33. The Bertz CT molecular complexity index is 783. The molecule has 0 saturated carbocycles. The molecule has 4 heteroatoms. The molecule has 1 unspecified atom stereocenters. The molecule has 1 aromatic carbocycles. The highest BCUT2D eigenvalue weighted by atomic mass is 16.5. The van der Waals surface area contributed by atoms with E-state index < -0.39 is 0 Å². The summed E-state index contributed by atoms with van der Waals surface area (Å²) in [5.41, 5.74) is 5.07. The highest BCUT2D eigenvalue weighted by Crippen LogP contribution is 2.37. The van der Waals surface area contributed by atoms with E-state index >= 15 is 0 Å². The number of benzene rings is 1. The first-order valence-corrected chi connectivity index (χ1v) is 9.48. The van der Waals surface area contributed by atoms with Crippen molar-refractivity contribution in [3.8, 4) is 0 Å². The Kier molecular flexibility index (Phi) is 5.72. The van der Waals surface area contributed by atoms with E-state index in [4.69, 9.17) is 4.74 Å². The molecule has 3 rings (SSSR count). The maximum absolute atomic E-state index is 13.2. The molecule has 138 valence electrons. The summed E-state index contributed by atoms with van der Waals surface area (Å²) in [7, 11) is 1.75. The van der Waals surface area contributed by atoms with Gasteiger partial charge in [0.25, 0.3) is 5.91 Å². The van der Waals surface area contributed by atoms with E-state index in [1.807, 2.05) is 23.1 Å². The highest BCUT2D eigenvalue weighted by molar-refractivity contribution is 6.08. The molecule has 1 amide bonds. The molecular weight excluding hydrogens is 324 g/mol. The maximum Gasteiger partial charge on any atom is 0.258 e. The Morgan fingerprint density at radius 3 is 2.69 bits per heavy atom. The Morgan fingerprint density at radius 2 is 2.00 bits per heavy atom. The number of methoxy groups -OCH3 is 1. The van der Waals surface area contributed by atoms with Crippen molar-refractivity contribution in [3.05, 3.63) is 58.9 Å². The maximum atomic E-state index is 13.2. The van der Waals surface area contributed by atoms with Crippen LogP contribution in [0.15, 0.2) is 36.7 Å². The second-order valence-corrected chi connectivity index (χ2v) is 7.03. The predicted octanol–water partition coefficient (Wildman–Crippen LogP) is 4.72. The van der Waals surface area contributed by atoms with E-state index in [0.717, 1.165) is 41.6 Å². The number of amides is 1. The fraction of sp³-hybridized carbons (Fsp3) is 0.455. The van der Waals surface area contributed by atoms with Gasteiger partial charge in [-0.05, 0) is 37.0 Å². The minimum absolute atomic E-state index is 0.0322. The quantitative estimate of drug-likeness (QED) is 0.756. The molecule has 0 saturated heterocycles. The number of aryl methyl sites for hydroxylation is 1. The molecule has 0 aliphatic carbocycles. The first kappa shape index (κ1) is 18.6. The molecule has 1 aliphatic heterocycles. The summed E-state index contributed by atoms with van der Waals surface area (Å²) in [6, 6.07) is 8.08. The minimum atomic E-state index is -0.0322. The van der Waals surface area contributed by atoms with Gasteiger partial charge in [0.1, 0.15) is 0 Å². The Hall–Kier alpha value is -2.20. The monoisotopic (exact) mass is 352 g/mol. The van der Waals surface area contributed by atoms with Gasteiger partial charge in [0.2, 0.25) is 0 Å². The average molecular weight is 352 g/mol. The molecule has 0 radical (unpaired) electrons. The van der Waals surface area contributed by atoms with Crippen LogP contribution in [0.25, 0.3) is 0 Å². The SMILES string of the molecule is CCC(CC)C(OC)c1ccncc1N1CCc2cc(C)ccc2C1=O. The van der Waals surface area contributed by atoms with Crippen LogP contribution in [0, 0.1) is 12.8 Å². The molecule has 1 atom stereocenters. The number of pyridine rings is 1. The van der Waals surface area contributed by atoms with Gasteiger partial charge in [-0.15, -0.1) is 0 Å². The van der Waals surface area contributed by atoms with Crippen LogP contribution in [0.5, 0.6) is 0 Å². The molecule has 4 nitrogen and oxygen atoms in total. The van der Waals surface area contributed by atoms with Gasteiger partial charge in [-0.2, -0.15) is 0 Å². The number of hydrogen-bond donors (Lipinski definition) is 0. The standard InChI is InChI=1S/C22H28N2O2/c1-5-16(6-2)21(26-4)19-9-11-23-14-20(19)24-12-10-17-13-15(3)7-8-18(17)22(24)25/h7-9,11,13-14,16,21H,5-6,10,12H2,1-4H3. The number of rotatable bonds is 6. The van der Waals surface area contributed by atoms with E-state index in [0.29, 0.717) is 12.5 Å². The molecule has 0 bridgehead atoms. The summed E-state index contributed by atoms with van der Waals surface area (Å²) in [5.74, 6) is 0.468. The van der Waals surface area contributed by atoms with E-state index in [9.17, 15) is 4.79 Å². The second kappa shape index (κ2) is 8.00. The average Bonchev–Trinajstić information content (AvgIpc) is 2.66. The summed E-state index contributed by atoms with van der Waals surface area (Å²) < 4.78 is 5.87. The number of aromatic nitrogens is 1. The lowest BCUT2D eigenvalue weighted by atomic mass is 9.89. The van der Waals surface area contributed by atoms with Crippen molar-refractivity contribution in [2.75, 3.05) is 18.6 Å². The largest absolute Gasteiger partial charge is 0.376 e. The summed E-state index contributed by atoms with van der Waals surface area (Å²) in [6.45, 7) is 7.11. The van der Waals surface area contributed by atoms with Crippen molar-refractivity contribution >= 4 is 11.6 Å². The number of nitrogens with zero attached hydrogens (tertiary/aromatic N) is 2. The summed E-state index contributed by atoms with van der Waals surface area (Å²) in [4.78, 5) is 19.3. The van der Waals surface area contributed by atoms with Crippen LogP contribution in [0.3, 0.4) is 0 Å². The first-order chi connectivity index (χ1) is 12.6. The first-order valence-electron chi connectivity index (χ1n) is 9.48. The molecule has 2 aromatic rings. The van der Waals surface area contributed by atoms with Gasteiger partial charge in [0.05, 0.1) is 18.0 Å². The predicted molar refractivity (Wildman–Crippen MR) is 105 cm³/mol. The van der Waals surface area contributed by atoms with Gasteiger partial charge >= 0.3 is 0 Å². The van der Waals surface area contributed by atoms with Gasteiger partial charge in [-0.1, -0.05) is 44.4 Å². The molecule has 1 aromatic heterocycles. The number of fused-ring (bicyclic) bond motifs is 1. The summed E-state index contributed by atoms with van der Waals surface area (Å²) >= 11 is 0. The zero-order valence-corrected chi connectivity index (χ0v) is 16.2. The van der Waals surface area contributed by atoms with Crippen molar-refractivity contribution in [2.45, 2.75) is 46.1 Å². The minimum Gasteiger partial charge on any atom is -0.376 e. The number of anilines is 1. The van der Waals surface area contributed by atoms with Crippen LogP contribution in [-0.4, -0.2) is 24.5 Å². The van der Waals surface area contributed by atoms with Gasteiger partial charge in [0.15, 0.2) is 0 Å². The van der Waals surface area contributed by atoms with E-state index in [1.165, 1.54) is 5.56 Å². The number of carbonyl (C=O) groups is 1. The second-order valence-electron chi connectivity index (χ2n) is 7.03. The zero-order chi connectivity index (χ0) is 18.7. The number of ether oxygens (including phenoxy) is 1. The van der Waals surface area contributed by atoms with Gasteiger partial charge in [0, 0.05) is 31.0 Å². The van der Waals surface area contributed by atoms with Crippen LogP contribution in [-0.2, 0) is 11.2 Å². The molecule has 0 fully saturated rings. The third kappa shape index (κ3) is 3.38. The molecule has 0 spiro atoms. The number of carbonyl (C=O) groups excluding carboxylic acids is 1. The molecule has 2 heterocycles. The molecule has 0 N–H and O–H groups in total. The van der Waals surface area contributed by atoms with Crippen molar-refractivity contribution in [1.82, 2.24) is 4.98 Å². The third-order valence-corrected chi connectivity index (χ3v) is 5.50. The van der Waals surface area contributed by atoms with Crippen molar-refractivity contribution in [3.63, 3.8) is 0 Å². The van der Waals surface area contributed by atoms with Gasteiger partial charge in [-0.25, -0.2) is 0 Å². The van der Waals surface area contributed by atoms with Crippen LogP contribution < -0.4 is 4.90 Å². The zero-order valence-electron chi connectivity index (χ0n) is 16.2. The van der Waals surface area contributed by atoms with E-state index in [-0.39, 0.29) is 12.0 Å².